The molecule has 0 saturated carbocycles. The molecule has 7 heteroatoms. The Balaban J connectivity index is 2.22. The summed E-state index contributed by atoms with van der Waals surface area (Å²) >= 11 is 0. The standard InChI is InChI=1S/C23H23F4NO2/c1-4-12-22(23(25,26)27)19-18-16(6-5-7-17(18)29)28(15-10-8-14(24)9-11-15)20(19)21(2,3)13-30-22/h5-11,29H,4,12-13H2,1-3H3. The van der Waals surface area contributed by atoms with Gasteiger partial charge in [-0.3, -0.25) is 0 Å². The highest BCUT2D eigenvalue weighted by Crippen LogP contribution is 2.57. The van der Waals surface area contributed by atoms with Crippen LogP contribution in [-0.4, -0.2) is 22.5 Å². The van der Waals surface area contributed by atoms with Crippen molar-refractivity contribution in [2.24, 2.45) is 0 Å². The fraction of sp³-hybridized carbons (Fsp3) is 0.391. The number of nitrogens with zero attached hydrogens (tertiary/aromatic N) is 1. The second kappa shape index (κ2) is 6.74. The van der Waals surface area contributed by atoms with E-state index < -0.39 is 23.0 Å². The molecule has 0 aliphatic carbocycles. The predicted molar refractivity (Wildman–Crippen MR) is 107 cm³/mol. The van der Waals surface area contributed by atoms with E-state index in [-0.39, 0.29) is 36.1 Å². The number of phenolic OH excluding ortho intramolecular Hbond substituents is 1. The van der Waals surface area contributed by atoms with Crippen LogP contribution >= 0.6 is 0 Å². The van der Waals surface area contributed by atoms with Gasteiger partial charge in [0.25, 0.3) is 0 Å². The first-order valence-corrected chi connectivity index (χ1v) is 9.87. The van der Waals surface area contributed by atoms with Crippen LogP contribution in [0.1, 0.15) is 44.9 Å². The van der Waals surface area contributed by atoms with Crippen LogP contribution in [0.25, 0.3) is 16.6 Å². The number of aromatic hydroxyl groups is 1. The maximum absolute atomic E-state index is 14.6. The summed E-state index contributed by atoms with van der Waals surface area (Å²) in [5, 5.41) is 10.8. The summed E-state index contributed by atoms with van der Waals surface area (Å²) in [6, 6.07) is 10.2. The van der Waals surface area contributed by atoms with E-state index in [2.05, 4.69) is 0 Å². The summed E-state index contributed by atoms with van der Waals surface area (Å²) in [5.74, 6) is -0.680. The van der Waals surface area contributed by atoms with E-state index >= 15 is 0 Å². The molecule has 0 bridgehead atoms. The van der Waals surface area contributed by atoms with Gasteiger partial charge in [0, 0.05) is 27.7 Å². The first kappa shape index (κ1) is 20.7. The Morgan fingerprint density at radius 3 is 2.37 bits per heavy atom. The van der Waals surface area contributed by atoms with Gasteiger partial charge in [-0.1, -0.05) is 33.3 Å². The summed E-state index contributed by atoms with van der Waals surface area (Å²) in [6.07, 6.45) is -4.70. The molecule has 1 aromatic heterocycles. The lowest BCUT2D eigenvalue weighted by atomic mass is 9.75. The van der Waals surface area contributed by atoms with E-state index in [0.29, 0.717) is 16.9 Å². The van der Waals surface area contributed by atoms with Crippen LogP contribution in [0.4, 0.5) is 17.6 Å². The highest BCUT2D eigenvalue weighted by Gasteiger charge is 2.62. The lowest BCUT2D eigenvalue weighted by molar-refractivity contribution is -0.296. The Kier molecular flexibility index (Phi) is 4.65. The molecule has 1 unspecified atom stereocenters. The Morgan fingerprint density at radius 2 is 1.77 bits per heavy atom. The van der Waals surface area contributed by atoms with Crippen LogP contribution in [0.3, 0.4) is 0 Å². The van der Waals surface area contributed by atoms with Crippen LogP contribution in [0, 0.1) is 5.82 Å². The van der Waals surface area contributed by atoms with Gasteiger partial charge in [-0.15, -0.1) is 0 Å². The van der Waals surface area contributed by atoms with E-state index in [4.69, 9.17) is 4.74 Å². The Labute approximate surface area is 171 Å². The van der Waals surface area contributed by atoms with Crippen molar-refractivity contribution in [1.29, 1.82) is 0 Å². The van der Waals surface area contributed by atoms with Gasteiger partial charge in [0.15, 0.2) is 5.60 Å². The zero-order valence-corrected chi connectivity index (χ0v) is 17.0. The molecule has 1 N–H and O–H groups in total. The van der Waals surface area contributed by atoms with Gasteiger partial charge in [0.05, 0.1) is 12.1 Å². The molecule has 1 atom stereocenters. The second-order valence-electron chi connectivity index (χ2n) is 8.45. The fourth-order valence-corrected chi connectivity index (χ4v) is 4.57. The maximum Gasteiger partial charge on any atom is 0.421 e. The van der Waals surface area contributed by atoms with Crippen LogP contribution in [0.15, 0.2) is 42.5 Å². The van der Waals surface area contributed by atoms with Gasteiger partial charge in [-0.25, -0.2) is 4.39 Å². The molecule has 3 nitrogen and oxygen atoms in total. The first-order valence-electron chi connectivity index (χ1n) is 9.87. The topological polar surface area (TPSA) is 34.4 Å². The summed E-state index contributed by atoms with van der Waals surface area (Å²) in [5.41, 5.74) is -1.99. The van der Waals surface area contributed by atoms with Gasteiger partial charge in [-0.05, 0) is 42.8 Å². The van der Waals surface area contributed by atoms with Crippen molar-refractivity contribution in [2.45, 2.75) is 50.8 Å². The van der Waals surface area contributed by atoms with E-state index in [9.17, 15) is 22.7 Å². The van der Waals surface area contributed by atoms with Crippen molar-refractivity contribution in [3.8, 4) is 11.4 Å². The zero-order valence-electron chi connectivity index (χ0n) is 17.0. The lowest BCUT2D eigenvalue weighted by Crippen LogP contribution is -2.52. The first-order chi connectivity index (χ1) is 14.0. The highest BCUT2D eigenvalue weighted by molar-refractivity contribution is 5.94. The minimum absolute atomic E-state index is 0.0504. The largest absolute Gasteiger partial charge is 0.507 e. The third kappa shape index (κ3) is 2.82. The molecule has 4 rings (SSSR count). The summed E-state index contributed by atoms with van der Waals surface area (Å²) < 4.78 is 64.6. The minimum atomic E-state index is -4.68. The summed E-state index contributed by atoms with van der Waals surface area (Å²) in [4.78, 5) is 0. The van der Waals surface area contributed by atoms with Gasteiger partial charge >= 0.3 is 6.18 Å². The smallest absolute Gasteiger partial charge is 0.421 e. The average molecular weight is 421 g/mol. The number of hydrogen-bond donors (Lipinski definition) is 1. The average Bonchev–Trinajstić information content (AvgIpc) is 3.02. The van der Waals surface area contributed by atoms with Crippen LogP contribution in [0.5, 0.6) is 5.75 Å². The van der Waals surface area contributed by atoms with Crippen molar-refractivity contribution in [2.75, 3.05) is 6.61 Å². The maximum atomic E-state index is 14.6. The minimum Gasteiger partial charge on any atom is -0.507 e. The number of halogens is 4. The lowest BCUT2D eigenvalue weighted by Gasteiger charge is -2.45. The number of rotatable bonds is 3. The van der Waals surface area contributed by atoms with Crippen LogP contribution in [-0.2, 0) is 15.8 Å². The number of fused-ring (bicyclic) bond motifs is 3. The Hall–Kier alpha value is -2.54. The molecule has 2 aromatic carbocycles. The second-order valence-corrected chi connectivity index (χ2v) is 8.45. The molecule has 2 heterocycles. The summed E-state index contributed by atoms with van der Waals surface area (Å²) in [6.45, 7) is 5.16. The molecule has 160 valence electrons. The van der Waals surface area contributed by atoms with Gasteiger partial charge < -0.3 is 14.4 Å². The fourth-order valence-electron chi connectivity index (χ4n) is 4.57. The van der Waals surface area contributed by atoms with E-state index in [1.807, 2.05) is 13.8 Å². The van der Waals surface area contributed by atoms with E-state index in [1.165, 1.54) is 30.3 Å². The highest BCUT2D eigenvalue weighted by atomic mass is 19.4. The molecule has 3 aromatic rings. The Bertz CT molecular complexity index is 1100. The number of aromatic nitrogens is 1. The molecule has 0 amide bonds. The van der Waals surface area contributed by atoms with Crippen molar-refractivity contribution < 1.29 is 27.4 Å². The quantitative estimate of drug-likeness (QED) is 0.501. The van der Waals surface area contributed by atoms with Gasteiger partial charge in [0.2, 0.25) is 0 Å². The van der Waals surface area contributed by atoms with Crippen LogP contribution in [0.2, 0.25) is 0 Å². The van der Waals surface area contributed by atoms with Crippen LogP contribution < -0.4 is 0 Å². The molecule has 0 saturated heterocycles. The monoisotopic (exact) mass is 421 g/mol. The van der Waals surface area contributed by atoms with Crippen molar-refractivity contribution in [3.05, 3.63) is 59.5 Å². The Morgan fingerprint density at radius 1 is 1.10 bits per heavy atom. The molecule has 1 aliphatic rings. The molecule has 0 radical (unpaired) electrons. The zero-order chi connectivity index (χ0) is 21.9. The van der Waals surface area contributed by atoms with Crippen molar-refractivity contribution >= 4 is 10.9 Å². The number of alkyl halides is 3. The summed E-state index contributed by atoms with van der Waals surface area (Å²) in [7, 11) is 0. The van der Waals surface area contributed by atoms with Crippen molar-refractivity contribution in [3.63, 3.8) is 0 Å². The van der Waals surface area contributed by atoms with E-state index in [1.54, 1.807) is 23.6 Å². The molecule has 0 fully saturated rings. The van der Waals surface area contributed by atoms with Crippen molar-refractivity contribution in [1.82, 2.24) is 4.57 Å². The third-order valence-corrected chi connectivity index (χ3v) is 5.84. The van der Waals surface area contributed by atoms with Gasteiger partial charge in [-0.2, -0.15) is 13.2 Å². The number of benzene rings is 2. The number of hydrogen-bond acceptors (Lipinski definition) is 2. The molecule has 30 heavy (non-hydrogen) atoms. The number of ether oxygens (including phenoxy) is 1. The molecule has 0 spiro atoms. The van der Waals surface area contributed by atoms with E-state index in [0.717, 1.165) is 0 Å². The molecule has 1 aliphatic heterocycles. The SMILES string of the molecule is CCCC1(C(F)(F)F)OCC(C)(C)c2c1c1c(O)cccc1n2-c1ccc(F)cc1. The molecular formula is C23H23F4NO2. The third-order valence-electron chi connectivity index (χ3n) is 5.84. The molecular weight excluding hydrogens is 398 g/mol. The number of phenols is 1. The van der Waals surface area contributed by atoms with Gasteiger partial charge in [0.1, 0.15) is 11.6 Å². The normalized spacial score (nSPS) is 21.0. The predicted octanol–water partition coefficient (Wildman–Crippen LogP) is 6.34.